The number of halogens is 1. The summed E-state index contributed by atoms with van der Waals surface area (Å²) in [4.78, 5) is 0. The molecule has 2 rings (SSSR count). The molecule has 0 saturated heterocycles. The lowest BCUT2D eigenvalue weighted by atomic mass is 10.2. The Morgan fingerprint density at radius 1 is 1.20 bits per heavy atom. The average Bonchev–Trinajstić information content (AvgIpc) is 2.67. The van der Waals surface area contributed by atoms with Gasteiger partial charge in [0.25, 0.3) is 0 Å². The van der Waals surface area contributed by atoms with Crippen molar-refractivity contribution in [3.05, 3.63) is 47.8 Å². The number of rotatable bonds is 3. The minimum absolute atomic E-state index is 0. The maximum atomic E-state index is 5.55. The van der Waals surface area contributed by atoms with Gasteiger partial charge in [0.1, 0.15) is 0 Å². The van der Waals surface area contributed by atoms with Crippen LogP contribution in [0.1, 0.15) is 11.3 Å². The summed E-state index contributed by atoms with van der Waals surface area (Å²) in [6.45, 7) is 1.20. The Labute approximate surface area is 94.5 Å². The first-order chi connectivity index (χ1) is 6.90. The van der Waals surface area contributed by atoms with E-state index in [1.807, 2.05) is 22.9 Å². The van der Waals surface area contributed by atoms with Gasteiger partial charge in [-0.05, 0) is 5.56 Å². The Morgan fingerprint density at radius 3 is 2.60 bits per heavy atom. The third kappa shape index (κ3) is 2.78. The van der Waals surface area contributed by atoms with Crippen LogP contribution in [0.15, 0.2) is 36.5 Å². The van der Waals surface area contributed by atoms with Crippen LogP contribution in [0.25, 0.3) is 0 Å². The van der Waals surface area contributed by atoms with Gasteiger partial charge in [-0.15, -0.1) is 17.5 Å². The van der Waals surface area contributed by atoms with E-state index < -0.39 is 0 Å². The van der Waals surface area contributed by atoms with Crippen molar-refractivity contribution in [2.75, 3.05) is 0 Å². The van der Waals surface area contributed by atoms with Gasteiger partial charge in [0.15, 0.2) is 0 Å². The molecular weight excluding hydrogens is 212 g/mol. The molecule has 0 spiro atoms. The number of hydrogen-bond acceptors (Lipinski definition) is 3. The van der Waals surface area contributed by atoms with Crippen molar-refractivity contribution in [3.8, 4) is 0 Å². The number of nitrogens with two attached hydrogens (primary N) is 1. The largest absolute Gasteiger partial charge is 0.325 e. The molecule has 0 aliphatic rings. The summed E-state index contributed by atoms with van der Waals surface area (Å²) >= 11 is 0. The van der Waals surface area contributed by atoms with Crippen LogP contribution in [0.4, 0.5) is 0 Å². The van der Waals surface area contributed by atoms with Crippen molar-refractivity contribution in [2.24, 2.45) is 5.73 Å². The Morgan fingerprint density at radius 2 is 1.93 bits per heavy atom. The predicted molar refractivity (Wildman–Crippen MR) is 60.7 cm³/mol. The fourth-order valence-electron chi connectivity index (χ4n) is 1.33. The molecule has 15 heavy (non-hydrogen) atoms. The van der Waals surface area contributed by atoms with E-state index in [4.69, 9.17) is 5.73 Å². The van der Waals surface area contributed by atoms with Crippen molar-refractivity contribution in [1.29, 1.82) is 0 Å². The highest BCUT2D eigenvalue weighted by molar-refractivity contribution is 5.85. The quantitative estimate of drug-likeness (QED) is 0.853. The third-order valence-electron chi connectivity index (χ3n) is 2.08. The Kier molecular flexibility index (Phi) is 4.27. The lowest BCUT2D eigenvalue weighted by Gasteiger charge is -2.03. The van der Waals surface area contributed by atoms with Crippen molar-refractivity contribution in [3.63, 3.8) is 0 Å². The minimum atomic E-state index is 0. The molecule has 5 heteroatoms. The molecule has 0 fully saturated rings. The number of aromatic nitrogens is 3. The molecule has 1 aromatic heterocycles. The zero-order valence-corrected chi connectivity index (χ0v) is 9.02. The molecule has 1 heterocycles. The van der Waals surface area contributed by atoms with Gasteiger partial charge in [-0.1, -0.05) is 35.5 Å². The molecule has 2 N–H and O–H groups in total. The van der Waals surface area contributed by atoms with E-state index in [1.165, 1.54) is 5.56 Å². The van der Waals surface area contributed by atoms with Gasteiger partial charge in [-0.3, -0.25) is 0 Å². The van der Waals surface area contributed by atoms with E-state index in [0.29, 0.717) is 6.54 Å². The first kappa shape index (κ1) is 11.7. The van der Waals surface area contributed by atoms with Crippen molar-refractivity contribution in [1.82, 2.24) is 15.0 Å². The number of hydrogen-bond donors (Lipinski definition) is 1. The van der Waals surface area contributed by atoms with E-state index in [9.17, 15) is 0 Å². The SMILES string of the molecule is Cl.NCc1cnnn1Cc1ccccc1. The van der Waals surface area contributed by atoms with Crippen LogP contribution in [0.3, 0.4) is 0 Å². The molecule has 0 radical (unpaired) electrons. The fourth-order valence-corrected chi connectivity index (χ4v) is 1.33. The van der Waals surface area contributed by atoms with Crippen LogP contribution in [-0.2, 0) is 13.1 Å². The maximum absolute atomic E-state index is 5.55. The van der Waals surface area contributed by atoms with Crippen LogP contribution >= 0.6 is 12.4 Å². The van der Waals surface area contributed by atoms with E-state index in [2.05, 4.69) is 22.4 Å². The zero-order valence-electron chi connectivity index (χ0n) is 8.21. The fraction of sp³-hybridized carbons (Fsp3) is 0.200. The van der Waals surface area contributed by atoms with Gasteiger partial charge in [0.05, 0.1) is 18.4 Å². The number of benzene rings is 1. The highest BCUT2D eigenvalue weighted by Crippen LogP contribution is 2.03. The van der Waals surface area contributed by atoms with Crippen LogP contribution < -0.4 is 5.73 Å². The Hall–Kier alpha value is -1.39. The van der Waals surface area contributed by atoms with Crippen molar-refractivity contribution >= 4 is 12.4 Å². The topological polar surface area (TPSA) is 56.7 Å². The molecule has 0 aliphatic carbocycles. The molecule has 0 aliphatic heterocycles. The van der Waals surface area contributed by atoms with Crippen LogP contribution in [0.2, 0.25) is 0 Å². The normalized spacial score (nSPS) is 9.67. The Balaban J connectivity index is 0.00000112. The molecule has 0 unspecified atom stereocenters. The molecule has 2 aromatic rings. The summed E-state index contributed by atoms with van der Waals surface area (Å²) in [7, 11) is 0. The molecule has 0 atom stereocenters. The van der Waals surface area contributed by atoms with Crippen LogP contribution in [0, 0.1) is 0 Å². The molecule has 80 valence electrons. The third-order valence-corrected chi connectivity index (χ3v) is 2.08. The van der Waals surface area contributed by atoms with E-state index in [1.54, 1.807) is 6.20 Å². The van der Waals surface area contributed by atoms with E-state index in [-0.39, 0.29) is 12.4 Å². The molecule has 4 nitrogen and oxygen atoms in total. The van der Waals surface area contributed by atoms with E-state index >= 15 is 0 Å². The van der Waals surface area contributed by atoms with Gasteiger partial charge in [-0.2, -0.15) is 0 Å². The average molecular weight is 225 g/mol. The predicted octanol–water partition coefficient (Wildman–Crippen LogP) is 1.21. The van der Waals surface area contributed by atoms with Crippen LogP contribution in [-0.4, -0.2) is 15.0 Å². The van der Waals surface area contributed by atoms with Crippen LogP contribution in [0.5, 0.6) is 0 Å². The summed E-state index contributed by atoms with van der Waals surface area (Å²) in [5, 5.41) is 7.79. The van der Waals surface area contributed by atoms with Gasteiger partial charge in [-0.25, -0.2) is 4.68 Å². The maximum Gasteiger partial charge on any atom is 0.0738 e. The molecular formula is C10H13ClN4. The summed E-state index contributed by atoms with van der Waals surface area (Å²) in [6, 6.07) is 10.1. The molecule has 1 aromatic carbocycles. The summed E-state index contributed by atoms with van der Waals surface area (Å²) < 4.78 is 1.81. The highest BCUT2D eigenvalue weighted by Gasteiger charge is 2.01. The Bertz CT molecular complexity index is 399. The summed E-state index contributed by atoms with van der Waals surface area (Å²) in [5.74, 6) is 0. The van der Waals surface area contributed by atoms with Gasteiger partial charge >= 0.3 is 0 Å². The molecule has 0 saturated carbocycles. The lowest BCUT2D eigenvalue weighted by molar-refractivity contribution is 0.619. The van der Waals surface area contributed by atoms with E-state index in [0.717, 1.165) is 12.2 Å². The zero-order chi connectivity index (χ0) is 9.80. The molecule has 0 bridgehead atoms. The summed E-state index contributed by atoms with van der Waals surface area (Å²) in [5.41, 5.74) is 7.70. The lowest BCUT2D eigenvalue weighted by Crippen LogP contribution is -2.09. The highest BCUT2D eigenvalue weighted by atomic mass is 35.5. The second-order valence-electron chi connectivity index (χ2n) is 3.07. The van der Waals surface area contributed by atoms with Crippen molar-refractivity contribution < 1.29 is 0 Å². The van der Waals surface area contributed by atoms with Gasteiger partial charge in [0.2, 0.25) is 0 Å². The second-order valence-corrected chi connectivity index (χ2v) is 3.07. The molecule has 0 amide bonds. The van der Waals surface area contributed by atoms with Gasteiger partial charge in [0, 0.05) is 6.54 Å². The standard InChI is InChI=1S/C10H12N4.ClH/c11-6-10-7-12-13-14(10)8-9-4-2-1-3-5-9;/h1-5,7H,6,8,11H2;1H. The monoisotopic (exact) mass is 224 g/mol. The second kappa shape index (κ2) is 5.48. The first-order valence-electron chi connectivity index (χ1n) is 4.51. The van der Waals surface area contributed by atoms with Crippen molar-refractivity contribution in [2.45, 2.75) is 13.1 Å². The van der Waals surface area contributed by atoms with Gasteiger partial charge < -0.3 is 5.73 Å². The minimum Gasteiger partial charge on any atom is -0.325 e. The number of nitrogens with zero attached hydrogens (tertiary/aromatic N) is 3. The first-order valence-corrected chi connectivity index (χ1v) is 4.51. The smallest absolute Gasteiger partial charge is 0.0738 e. The summed E-state index contributed by atoms with van der Waals surface area (Å²) in [6.07, 6.45) is 1.70.